The minimum absolute atomic E-state index is 0.684. The number of aromatic nitrogens is 4. The molecule has 0 saturated heterocycles. The standard InChI is InChI=1S/C13H21N5O/c1-3-19-10-4-7-18-9-6-14-13(18)15-11-12-5-8-17(2)16-12/h5-6,8-9H,3-4,7,10-11H2,1-2H3,(H,14,15). The van der Waals surface area contributed by atoms with Crippen LogP contribution in [0.5, 0.6) is 0 Å². The Morgan fingerprint density at radius 2 is 2.26 bits per heavy atom. The Morgan fingerprint density at radius 3 is 3.00 bits per heavy atom. The van der Waals surface area contributed by atoms with E-state index in [1.807, 2.05) is 32.4 Å². The van der Waals surface area contributed by atoms with Crippen LogP contribution in [0.1, 0.15) is 19.0 Å². The van der Waals surface area contributed by atoms with Crippen LogP contribution in [-0.4, -0.2) is 32.5 Å². The van der Waals surface area contributed by atoms with E-state index in [1.165, 1.54) is 0 Å². The van der Waals surface area contributed by atoms with Crippen LogP contribution < -0.4 is 5.32 Å². The first-order valence-corrected chi connectivity index (χ1v) is 6.61. The van der Waals surface area contributed by atoms with Crippen molar-refractivity contribution in [1.29, 1.82) is 0 Å². The second-order valence-electron chi connectivity index (χ2n) is 4.33. The van der Waals surface area contributed by atoms with Crippen LogP contribution in [0.2, 0.25) is 0 Å². The highest BCUT2D eigenvalue weighted by Gasteiger charge is 2.03. The third-order valence-corrected chi connectivity index (χ3v) is 2.80. The van der Waals surface area contributed by atoms with Crippen LogP contribution >= 0.6 is 0 Å². The summed E-state index contributed by atoms with van der Waals surface area (Å²) in [6.07, 6.45) is 6.71. The number of imidazole rings is 1. The van der Waals surface area contributed by atoms with E-state index >= 15 is 0 Å². The molecule has 0 aromatic carbocycles. The summed E-state index contributed by atoms with van der Waals surface area (Å²) in [5.41, 5.74) is 1.01. The second-order valence-corrected chi connectivity index (χ2v) is 4.33. The van der Waals surface area contributed by atoms with Gasteiger partial charge >= 0.3 is 0 Å². The highest BCUT2D eigenvalue weighted by atomic mass is 16.5. The van der Waals surface area contributed by atoms with Gasteiger partial charge < -0.3 is 14.6 Å². The van der Waals surface area contributed by atoms with Crippen LogP contribution in [0.4, 0.5) is 5.95 Å². The number of nitrogens with one attached hydrogen (secondary N) is 1. The second kappa shape index (κ2) is 6.94. The van der Waals surface area contributed by atoms with E-state index in [0.29, 0.717) is 6.54 Å². The van der Waals surface area contributed by atoms with Gasteiger partial charge in [0.05, 0.1) is 12.2 Å². The molecule has 0 atom stereocenters. The third kappa shape index (κ3) is 4.10. The molecule has 0 amide bonds. The topological polar surface area (TPSA) is 56.9 Å². The Hall–Kier alpha value is -1.82. The maximum Gasteiger partial charge on any atom is 0.203 e. The largest absolute Gasteiger partial charge is 0.382 e. The van der Waals surface area contributed by atoms with E-state index in [9.17, 15) is 0 Å². The fourth-order valence-electron chi connectivity index (χ4n) is 1.87. The van der Waals surface area contributed by atoms with E-state index in [1.54, 1.807) is 10.9 Å². The molecule has 2 heterocycles. The van der Waals surface area contributed by atoms with Crippen LogP contribution in [0.15, 0.2) is 24.7 Å². The molecular formula is C13H21N5O. The van der Waals surface area contributed by atoms with Crippen molar-refractivity contribution in [3.63, 3.8) is 0 Å². The monoisotopic (exact) mass is 263 g/mol. The first kappa shape index (κ1) is 13.6. The molecule has 6 nitrogen and oxygen atoms in total. The van der Waals surface area contributed by atoms with E-state index in [0.717, 1.165) is 37.8 Å². The summed E-state index contributed by atoms with van der Waals surface area (Å²) < 4.78 is 9.23. The predicted molar refractivity (Wildman–Crippen MR) is 73.9 cm³/mol. The Balaban J connectivity index is 1.81. The molecule has 2 aromatic rings. The molecule has 1 N–H and O–H groups in total. The molecular weight excluding hydrogens is 242 g/mol. The summed E-state index contributed by atoms with van der Waals surface area (Å²) in [6, 6.07) is 2.00. The van der Waals surface area contributed by atoms with Crippen molar-refractivity contribution in [3.05, 3.63) is 30.4 Å². The number of ether oxygens (including phenoxy) is 1. The fourth-order valence-corrected chi connectivity index (χ4v) is 1.87. The van der Waals surface area contributed by atoms with Crippen molar-refractivity contribution in [3.8, 4) is 0 Å². The number of aryl methyl sites for hydroxylation is 2. The molecule has 104 valence electrons. The molecule has 2 aromatic heterocycles. The zero-order valence-electron chi connectivity index (χ0n) is 11.5. The van der Waals surface area contributed by atoms with Crippen molar-refractivity contribution in [1.82, 2.24) is 19.3 Å². The van der Waals surface area contributed by atoms with Crippen molar-refractivity contribution in [2.45, 2.75) is 26.4 Å². The fraction of sp³-hybridized carbons (Fsp3) is 0.538. The number of hydrogen-bond acceptors (Lipinski definition) is 4. The van der Waals surface area contributed by atoms with E-state index in [-0.39, 0.29) is 0 Å². The molecule has 0 aliphatic rings. The maximum absolute atomic E-state index is 5.34. The normalized spacial score (nSPS) is 10.8. The number of rotatable bonds is 8. The molecule has 6 heteroatoms. The minimum Gasteiger partial charge on any atom is -0.382 e. The Labute approximate surface area is 113 Å². The van der Waals surface area contributed by atoms with Gasteiger partial charge in [0.25, 0.3) is 0 Å². The van der Waals surface area contributed by atoms with Crippen LogP contribution in [0.25, 0.3) is 0 Å². The minimum atomic E-state index is 0.684. The highest BCUT2D eigenvalue weighted by Crippen LogP contribution is 2.07. The Bertz CT molecular complexity index is 491. The lowest BCUT2D eigenvalue weighted by molar-refractivity contribution is 0.142. The molecule has 2 rings (SSSR count). The van der Waals surface area contributed by atoms with Gasteiger partial charge in [0.15, 0.2) is 0 Å². The molecule has 0 fully saturated rings. The van der Waals surface area contributed by atoms with Gasteiger partial charge in [-0.1, -0.05) is 0 Å². The van der Waals surface area contributed by atoms with E-state index < -0.39 is 0 Å². The quantitative estimate of drug-likeness (QED) is 0.736. The molecule has 0 bridgehead atoms. The summed E-state index contributed by atoms with van der Waals surface area (Å²) in [5, 5.41) is 7.62. The predicted octanol–water partition coefficient (Wildman–Crippen LogP) is 1.66. The average molecular weight is 263 g/mol. The summed E-state index contributed by atoms with van der Waals surface area (Å²) in [7, 11) is 1.91. The molecule has 0 radical (unpaired) electrons. The van der Waals surface area contributed by atoms with Gasteiger partial charge in [-0.25, -0.2) is 4.98 Å². The molecule has 0 aliphatic carbocycles. The van der Waals surface area contributed by atoms with E-state index in [2.05, 4.69) is 20.0 Å². The average Bonchev–Trinajstić information content (AvgIpc) is 3.01. The SMILES string of the molecule is CCOCCCn1ccnc1NCc1ccn(C)n1. The van der Waals surface area contributed by atoms with E-state index in [4.69, 9.17) is 4.74 Å². The first-order chi connectivity index (χ1) is 9.29. The van der Waals surface area contributed by atoms with Crippen LogP contribution in [-0.2, 0) is 24.9 Å². The molecule has 19 heavy (non-hydrogen) atoms. The zero-order chi connectivity index (χ0) is 13.5. The number of hydrogen-bond donors (Lipinski definition) is 1. The lowest BCUT2D eigenvalue weighted by Gasteiger charge is -2.08. The lowest BCUT2D eigenvalue weighted by atomic mass is 10.4. The van der Waals surface area contributed by atoms with Gasteiger partial charge in [-0.3, -0.25) is 4.68 Å². The number of anilines is 1. The molecule has 0 aliphatic heterocycles. The zero-order valence-corrected chi connectivity index (χ0v) is 11.5. The van der Waals surface area contributed by atoms with Gasteiger partial charge in [0.1, 0.15) is 0 Å². The first-order valence-electron chi connectivity index (χ1n) is 6.61. The van der Waals surface area contributed by atoms with Crippen LogP contribution in [0, 0.1) is 0 Å². The maximum atomic E-state index is 5.34. The van der Waals surface area contributed by atoms with Crippen molar-refractivity contribution in [2.24, 2.45) is 7.05 Å². The van der Waals surface area contributed by atoms with Crippen molar-refractivity contribution >= 4 is 5.95 Å². The molecule has 0 saturated carbocycles. The van der Waals surface area contributed by atoms with Crippen molar-refractivity contribution in [2.75, 3.05) is 18.5 Å². The number of nitrogens with zero attached hydrogens (tertiary/aromatic N) is 4. The summed E-state index contributed by atoms with van der Waals surface area (Å²) in [5.74, 6) is 0.877. The van der Waals surface area contributed by atoms with Gasteiger partial charge in [0.2, 0.25) is 5.95 Å². The molecule has 0 unspecified atom stereocenters. The smallest absolute Gasteiger partial charge is 0.203 e. The van der Waals surface area contributed by atoms with Gasteiger partial charge in [0, 0.05) is 45.4 Å². The van der Waals surface area contributed by atoms with Crippen LogP contribution in [0.3, 0.4) is 0 Å². The van der Waals surface area contributed by atoms with Gasteiger partial charge in [-0.05, 0) is 19.4 Å². The van der Waals surface area contributed by atoms with Crippen molar-refractivity contribution < 1.29 is 4.74 Å². The summed E-state index contributed by atoms with van der Waals surface area (Å²) >= 11 is 0. The molecule has 0 spiro atoms. The lowest BCUT2D eigenvalue weighted by Crippen LogP contribution is -2.09. The third-order valence-electron chi connectivity index (χ3n) is 2.80. The summed E-state index contributed by atoms with van der Waals surface area (Å²) in [6.45, 7) is 5.16. The Kier molecular flexibility index (Phi) is 4.97. The van der Waals surface area contributed by atoms with Gasteiger partial charge in [-0.2, -0.15) is 5.10 Å². The Morgan fingerprint density at radius 1 is 1.37 bits per heavy atom. The van der Waals surface area contributed by atoms with Gasteiger partial charge in [-0.15, -0.1) is 0 Å². The summed E-state index contributed by atoms with van der Waals surface area (Å²) in [4.78, 5) is 4.31. The highest BCUT2D eigenvalue weighted by molar-refractivity contribution is 5.26.